The van der Waals surface area contributed by atoms with Crippen LogP contribution >= 0.6 is 0 Å². The Hall–Kier alpha value is -1.84. The molecule has 2 rings (SSSR count). The van der Waals surface area contributed by atoms with E-state index in [9.17, 15) is 4.79 Å². The van der Waals surface area contributed by atoms with E-state index < -0.39 is 0 Å². The fourth-order valence-corrected chi connectivity index (χ4v) is 1.34. The second-order valence-electron chi connectivity index (χ2n) is 3.27. The normalized spacial score (nSPS) is 10.4. The number of benzene rings is 1. The van der Waals surface area contributed by atoms with E-state index in [1.807, 2.05) is 19.0 Å². The molecule has 0 aliphatic carbocycles. The molecule has 0 radical (unpaired) electrons. The summed E-state index contributed by atoms with van der Waals surface area (Å²) >= 11 is 0. The summed E-state index contributed by atoms with van der Waals surface area (Å²) in [5, 5.41) is 4.77. The van der Waals surface area contributed by atoms with Gasteiger partial charge in [0.25, 0.3) is 0 Å². The number of hydrogen-bond acceptors (Lipinski definition) is 4. The Balaban J connectivity index is 2.69. The van der Waals surface area contributed by atoms with Gasteiger partial charge in [0.1, 0.15) is 6.29 Å². The van der Waals surface area contributed by atoms with Crippen LogP contribution in [-0.2, 0) is 0 Å². The number of fused-ring (bicyclic) bond motifs is 1. The molecule has 0 N–H and O–H groups in total. The molecule has 0 unspecified atom stereocenters. The lowest BCUT2D eigenvalue weighted by molar-refractivity contribution is 0.112. The smallest absolute Gasteiger partial charge is 0.179 e. The third-order valence-corrected chi connectivity index (χ3v) is 2.03. The summed E-state index contributed by atoms with van der Waals surface area (Å²) in [5.74, 6) is 0.740. The summed E-state index contributed by atoms with van der Waals surface area (Å²) in [7, 11) is 3.76. The van der Waals surface area contributed by atoms with E-state index in [2.05, 4.69) is 5.16 Å². The summed E-state index contributed by atoms with van der Waals surface area (Å²) in [6.45, 7) is 0. The van der Waals surface area contributed by atoms with E-state index >= 15 is 0 Å². The summed E-state index contributed by atoms with van der Waals surface area (Å²) < 4.78 is 5.10. The average molecular weight is 190 g/mol. The van der Waals surface area contributed by atoms with Gasteiger partial charge in [0.05, 0.1) is 5.39 Å². The van der Waals surface area contributed by atoms with Crippen molar-refractivity contribution in [1.82, 2.24) is 5.16 Å². The van der Waals surface area contributed by atoms with Crippen LogP contribution in [0.2, 0.25) is 0 Å². The highest BCUT2D eigenvalue weighted by Gasteiger charge is 2.09. The van der Waals surface area contributed by atoms with Gasteiger partial charge >= 0.3 is 0 Å². The average Bonchev–Trinajstić information content (AvgIpc) is 2.59. The largest absolute Gasteiger partial charge is 0.359 e. The molecule has 0 saturated heterocycles. The molecule has 1 aromatic carbocycles. The summed E-state index contributed by atoms with van der Waals surface area (Å²) in [6.07, 6.45) is 0.811. The Morgan fingerprint density at radius 3 is 2.86 bits per heavy atom. The zero-order valence-corrected chi connectivity index (χ0v) is 8.02. The topological polar surface area (TPSA) is 46.3 Å². The zero-order valence-electron chi connectivity index (χ0n) is 8.02. The monoisotopic (exact) mass is 190 g/mol. The number of hydrogen-bond donors (Lipinski definition) is 0. The fourth-order valence-electron chi connectivity index (χ4n) is 1.34. The molecule has 72 valence electrons. The highest BCUT2D eigenvalue weighted by molar-refractivity contribution is 5.92. The molecule has 0 bridgehead atoms. The zero-order chi connectivity index (χ0) is 10.1. The molecule has 14 heavy (non-hydrogen) atoms. The Kier molecular flexibility index (Phi) is 1.96. The first kappa shape index (κ1) is 8.74. The Morgan fingerprint density at radius 1 is 1.43 bits per heavy atom. The summed E-state index contributed by atoms with van der Waals surface area (Å²) in [4.78, 5) is 12.4. The Bertz CT molecular complexity index is 474. The standard InChI is InChI=1S/C10H10N2O2/c1-12(2)10-8-5-7(6-13)3-4-9(8)14-11-10/h3-6H,1-2H3. The first-order valence-corrected chi connectivity index (χ1v) is 4.24. The molecule has 4 heteroatoms. The number of nitrogens with zero attached hydrogens (tertiary/aromatic N) is 2. The number of aldehydes is 1. The van der Waals surface area contributed by atoms with Crippen LogP contribution in [0, 0.1) is 0 Å². The molecule has 2 aromatic rings. The predicted octanol–water partition coefficient (Wildman–Crippen LogP) is 1.71. The first-order valence-electron chi connectivity index (χ1n) is 4.24. The molecule has 1 aromatic heterocycles. The molecule has 0 fully saturated rings. The SMILES string of the molecule is CN(C)c1noc2ccc(C=O)cc12. The molecular weight excluding hydrogens is 180 g/mol. The van der Waals surface area contributed by atoms with E-state index in [1.165, 1.54) is 0 Å². The van der Waals surface area contributed by atoms with Crippen molar-refractivity contribution in [3.63, 3.8) is 0 Å². The maximum atomic E-state index is 10.6. The molecule has 0 aliphatic rings. The van der Waals surface area contributed by atoms with E-state index in [1.54, 1.807) is 18.2 Å². The molecule has 0 aliphatic heterocycles. The molecular formula is C10H10N2O2. The van der Waals surface area contributed by atoms with E-state index in [0.717, 1.165) is 17.5 Å². The van der Waals surface area contributed by atoms with E-state index in [4.69, 9.17) is 4.52 Å². The van der Waals surface area contributed by atoms with Crippen molar-refractivity contribution in [3.8, 4) is 0 Å². The predicted molar refractivity (Wildman–Crippen MR) is 53.7 cm³/mol. The minimum atomic E-state index is 0.629. The van der Waals surface area contributed by atoms with E-state index in [-0.39, 0.29) is 0 Å². The van der Waals surface area contributed by atoms with Crippen molar-refractivity contribution in [1.29, 1.82) is 0 Å². The molecule has 0 atom stereocenters. The van der Waals surface area contributed by atoms with Gasteiger partial charge < -0.3 is 9.42 Å². The highest BCUT2D eigenvalue weighted by Crippen LogP contribution is 2.24. The Labute approximate surface area is 81.1 Å². The lowest BCUT2D eigenvalue weighted by Crippen LogP contribution is -2.08. The molecule has 0 amide bonds. The van der Waals surface area contributed by atoms with Crippen LogP contribution in [-0.4, -0.2) is 25.5 Å². The molecule has 1 heterocycles. The van der Waals surface area contributed by atoms with E-state index in [0.29, 0.717) is 11.1 Å². The van der Waals surface area contributed by atoms with Crippen LogP contribution < -0.4 is 4.90 Å². The number of aromatic nitrogens is 1. The lowest BCUT2D eigenvalue weighted by Gasteiger charge is -2.06. The van der Waals surface area contributed by atoms with Crippen LogP contribution in [0.1, 0.15) is 10.4 Å². The number of rotatable bonds is 2. The van der Waals surface area contributed by atoms with Gasteiger partial charge in [0.15, 0.2) is 11.4 Å². The lowest BCUT2D eigenvalue weighted by atomic mass is 10.2. The maximum absolute atomic E-state index is 10.6. The number of anilines is 1. The molecule has 0 spiro atoms. The van der Waals surface area contributed by atoms with Crippen molar-refractivity contribution >= 4 is 23.1 Å². The van der Waals surface area contributed by atoms with Crippen LogP contribution in [0.5, 0.6) is 0 Å². The number of carbonyl (C=O) groups excluding carboxylic acids is 1. The van der Waals surface area contributed by atoms with Crippen molar-refractivity contribution in [3.05, 3.63) is 23.8 Å². The third kappa shape index (κ3) is 1.25. The summed E-state index contributed by atoms with van der Waals surface area (Å²) in [6, 6.07) is 5.23. The van der Waals surface area contributed by atoms with Crippen molar-refractivity contribution in [2.24, 2.45) is 0 Å². The third-order valence-electron chi connectivity index (χ3n) is 2.03. The van der Waals surface area contributed by atoms with Gasteiger partial charge in [-0.15, -0.1) is 0 Å². The minimum Gasteiger partial charge on any atom is -0.359 e. The van der Waals surface area contributed by atoms with Crippen molar-refractivity contribution < 1.29 is 9.32 Å². The minimum absolute atomic E-state index is 0.629. The highest BCUT2D eigenvalue weighted by atomic mass is 16.5. The van der Waals surface area contributed by atoms with Crippen molar-refractivity contribution in [2.75, 3.05) is 19.0 Å². The maximum Gasteiger partial charge on any atom is 0.179 e. The van der Waals surface area contributed by atoms with Crippen LogP contribution in [0.25, 0.3) is 11.0 Å². The quantitative estimate of drug-likeness (QED) is 0.676. The van der Waals surface area contributed by atoms with Gasteiger partial charge in [-0.1, -0.05) is 5.16 Å². The first-order chi connectivity index (χ1) is 6.72. The van der Waals surface area contributed by atoms with Gasteiger partial charge in [-0.25, -0.2) is 0 Å². The second kappa shape index (κ2) is 3.14. The molecule has 0 saturated carbocycles. The van der Waals surface area contributed by atoms with Gasteiger partial charge in [0.2, 0.25) is 0 Å². The summed E-state index contributed by atoms with van der Waals surface area (Å²) in [5.41, 5.74) is 1.32. The van der Waals surface area contributed by atoms with Gasteiger partial charge in [-0.3, -0.25) is 4.79 Å². The second-order valence-corrected chi connectivity index (χ2v) is 3.27. The molecule has 4 nitrogen and oxygen atoms in total. The van der Waals surface area contributed by atoms with Crippen molar-refractivity contribution in [2.45, 2.75) is 0 Å². The Morgan fingerprint density at radius 2 is 2.21 bits per heavy atom. The number of carbonyl (C=O) groups is 1. The van der Waals surface area contributed by atoms with Gasteiger partial charge in [-0.2, -0.15) is 0 Å². The van der Waals surface area contributed by atoms with Gasteiger partial charge in [-0.05, 0) is 18.2 Å². The van der Waals surface area contributed by atoms with Crippen LogP contribution in [0.4, 0.5) is 5.82 Å². The van der Waals surface area contributed by atoms with Gasteiger partial charge in [0, 0.05) is 19.7 Å². The van der Waals surface area contributed by atoms with Crippen LogP contribution in [0.3, 0.4) is 0 Å². The van der Waals surface area contributed by atoms with Crippen LogP contribution in [0.15, 0.2) is 22.7 Å². The fraction of sp³-hybridized carbons (Fsp3) is 0.200.